The predicted molar refractivity (Wildman–Crippen MR) is 128 cm³/mol. The fraction of sp³-hybridized carbons (Fsp3) is 0.720. The minimum atomic E-state index is -1.10. The van der Waals surface area contributed by atoms with E-state index in [0.29, 0.717) is 11.0 Å². The smallest absolute Gasteiger partial charge is 0.303 e. The Balaban J connectivity index is 3.25. The molecule has 0 saturated heterocycles. The van der Waals surface area contributed by atoms with Crippen molar-refractivity contribution < 1.29 is 15.0 Å². The summed E-state index contributed by atoms with van der Waals surface area (Å²) in [7, 11) is -1.10. The van der Waals surface area contributed by atoms with Gasteiger partial charge in [-0.05, 0) is 51.7 Å². The van der Waals surface area contributed by atoms with Crippen LogP contribution in [0.4, 0.5) is 0 Å². The number of carbonyl (C=O) groups is 1. The average Bonchev–Trinajstić information content (AvgIpc) is 2.57. The van der Waals surface area contributed by atoms with E-state index >= 15 is 0 Å². The molecule has 1 rings (SSSR count). The van der Waals surface area contributed by atoms with Crippen LogP contribution in [0.15, 0.2) is 24.3 Å². The number of hydrogen-bond donors (Lipinski definition) is 2. The number of rotatable bonds is 11. The summed E-state index contributed by atoms with van der Waals surface area (Å²) in [6, 6.07) is 7.80. The molecule has 1 aromatic carbocycles. The lowest BCUT2D eigenvalue weighted by molar-refractivity contribution is -0.137. The third kappa shape index (κ3) is 6.94. The van der Waals surface area contributed by atoms with Gasteiger partial charge in [0.2, 0.25) is 0 Å². The second-order valence-electron chi connectivity index (χ2n) is 10.2. The first-order valence-electron chi connectivity index (χ1n) is 11.1. The molecular weight excluding hydrogens is 380 g/mol. The molecule has 0 fully saturated rings. The van der Waals surface area contributed by atoms with Crippen LogP contribution in [0, 0.1) is 0 Å². The number of phenols is 1. The van der Waals surface area contributed by atoms with Crippen LogP contribution in [0.1, 0.15) is 99.0 Å². The van der Waals surface area contributed by atoms with Crippen molar-refractivity contribution in [3.05, 3.63) is 29.8 Å². The second-order valence-corrected chi connectivity index (χ2v) is 15.2. The van der Waals surface area contributed by atoms with Crippen molar-refractivity contribution >= 4 is 16.0 Å². The maximum atomic E-state index is 10.8. The van der Waals surface area contributed by atoms with Gasteiger partial charge in [0.05, 0.1) is 0 Å². The summed E-state index contributed by atoms with van der Waals surface area (Å²) in [4.78, 5) is 10.8. The normalized spacial score (nSPS) is 14.6. The SMILES string of the molecule is CCCC(CCCCCC(=O)O)S(Cc1ccc(O)cc1)(C(C)(C)C)C(C)(C)C. The lowest BCUT2D eigenvalue weighted by atomic mass is 10.1. The van der Waals surface area contributed by atoms with E-state index < -0.39 is 16.0 Å². The zero-order valence-corrected chi connectivity index (χ0v) is 20.6. The number of phenolic OH excluding ortho intramolecular Hbond substituents is 1. The molecule has 0 aromatic heterocycles. The van der Waals surface area contributed by atoms with Crippen LogP contribution in [0.3, 0.4) is 0 Å². The Hall–Kier alpha value is -1.16. The lowest BCUT2D eigenvalue weighted by Gasteiger charge is -2.64. The largest absolute Gasteiger partial charge is 0.508 e. The molecule has 1 atom stereocenters. The van der Waals surface area contributed by atoms with Gasteiger partial charge in [0.1, 0.15) is 5.75 Å². The van der Waals surface area contributed by atoms with E-state index in [1.54, 1.807) is 0 Å². The van der Waals surface area contributed by atoms with Gasteiger partial charge < -0.3 is 10.2 Å². The molecule has 1 aromatic rings. The highest BCUT2D eigenvalue weighted by atomic mass is 32.3. The number of aliphatic carboxylic acids is 1. The molecule has 4 heteroatoms. The van der Waals surface area contributed by atoms with Gasteiger partial charge in [0.25, 0.3) is 0 Å². The molecule has 29 heavy (non-hydrogen) atoms. The summed E-state index contributed by atoms with van der Waals surface area (Å²) in [5, 5.41) is 19.3. The highest BCUT2D eigenvalue weighted by molar-refractivity contribution is 8.35. The minimum Gasteiger partial charge on any atom is -0.508 e. The molecule has 2 N–H and O–H groups in total. The Bertz CT molecular complexity index is 609. The molecular formula is C25H44O3S. The van der Waals surface area contributed by atoms with Gasteiger partial charge in [-0.15, -0.1) is 0 Å². The highest BCUT2D eigenvalue weighted by Crippen LogP contribution is 2.73. The topological polar surface area (TPSA) is 57.5 Å². The van der Waals surface area contributed by atoms with Crippen molar-refractivity contribution in [2.45, 2.75) is 114 Å². The van der Waals surface area contributed by atoms with Crippen molar-refractivity contribution in [1.82, 2.24) is 0 Å². The van der Waals surface area contributed by atoms with E-state index in [2.05, 4.69) is 60.6 Å². The zero-order valence-electron chi connectivity index (χ0n) is 19.8. The Morgan fingerprint density at radius 1 is 0.931 bits per heavy atom. The maximum absolute atomic E-state index is 10.8. The molecule has 0 radical (unpaired) electrons. The summed E-state index contributed by atoms with van der Waals surface area (Å²) in [5.74, 6) is 0.705. The summed E-state index contributed by atoms with van der Waals surface area (Å²) < 4.78 is 0.369. The van der Waals surface area contributed by atoms with Gasteiger partial charge in [-0.1, -0.05) is 79.9 Å². The quantitative estimate of drug-likeness (QED) is 0.362. The molecule has 0 amide bonds. The zero-order chi connectivity index (χ0) is 22.3. The van der Waals surface area contributed by atoms with Crippen LogP contribution in [0.2, 0.25) is 0 Å². The first kappa shape index (κ1) is 25.9. The molecule has 0 saturated carbocycles. The van der Waals surface area contributed by atoms with Gasteiger partial charge in [0, 0.05) is 12.2 Å². The summed E-state index contributed by atoms with van der Waals surface area (Å²) in [6.45, 7) is 16.8. The number of benzene rings is 1. The second kappa shape index (κ2) is 10.7. The number of carboxylic acids is 1. The Morgan fingerprint density at radius 3 is 1.93 bits per heavy atom. The highest BCUT2D eigenvalue weighted by Gasteiger charge is 2.49. The van der Waals surface area contributed by atoms with Crippen LogP contribution in [0.25, 0.3) is 0 Å². The third-order valence-corrected chi connectivity index (χ3v) is 12.9. The Labute approximate surface area is 180 Å². The van der Waals surface area contributed by atoms with Crippen molar-refractivity contribution in [3.8, 4) is 5.75 Å². The fourth-order valence-corrected chi connectivity index (χ4v) is 11.9. The summed E-state index contributed by atoms with van der Waals surface area (Å²) in [5.41, 5.74) is 1.31. The van der Waals surface area contributed by atoms with Crippen LogP contribution in [-0.4, -0.2) is 30.9 Å². The number of aromatic hydroxyl groups is 1. The Kier molecular flexibility index (Phi) is 9.59. The van der Waals surface area contributed by atoms with E-state index in [4.69, 9.17) is 5.11 Å². The van der Waals surface area contributed by atoms with E-state index in [0.717, 1.165) is 25.0 Å². The van der Waals surface area contributed by atoms with Gasteiger partial charge >= 0.3 is 5.97 Å². The van der Waals surface area contributed by atoms with E-state index in [1.165, 1.54) is 24.8 Å². The molecule has 0 bridgehead atoms. The predicted octanol–water partition coefficient (Wildman–Crippen LogP) is 7.50. The van der Waals surface area contributed by atoms with Crippen molar-refractivity contribution in [1.29, 1.82) is 0 Å². The number of carboxylic acid groups (broad SMARTS) is 1. The van der Waals surface area contributed by atoms with Crippen molar-refractivity contribution in [3.63, 3.8) is 0 Å². The van der Waals surface area contributed by atoms with Crippen LogP contribution in [-0.2, 0) is 10.5 Å². The molecule has 1 unspecified atom stereocenters. The Morgan fingerprint density at radius 2 is 1.48 bits per heavy atom. The van der Waals surface area contributed by atoms with Crippen LogP contribution >= 0.6 is 10.0 Å². The van der Waals surface area contributed by atoms with Gasteiger partial charge in [-0.3, -0.25) is 4.79 Å². The monoisotopic (exact) mass is 424 g/mol. The van der Waals surface area contributed by atoms with Crippen LogP contribution < -0.4 is 0 Å². The van der Waals surface area contributed by atoms with Crippen LogP contribution in [0.5, 0.6) is 5.75 Å². The van der Waals surface area contributed by atoms with E-state index in [-0.39, 0.29) is 15.9 Å². The van der Waals surface area contributed by atoms with E-state index in [1.807, 2.05) is 12.1 Å². The first-order chi connectivity index (χ1) is 13.3. The molecule has 0 aliphatic rings. The van der Waals surface area contributed by atoms with Gasteiger partial charge in [-0.25, -0.2) is 10.0 Å². The average molecular weight is 425 g/mol. The molecule has 0 heterocycles. The van der Waals surface area contributed by atoms with Gasteiger partial charge in [-0.2, -0.15) is 0 Å². The fourth-order valence-electron chi connectivity index (χ4n) is 5.02. The maximum Gasteiger partial charge on any atom is 0.303 e. The van der Waals surface area contributed by atoms with E-state index in [9.17, 15) is 9.90 Å². The number of hydrogen-bond acceptors (Lipinski definition) is 2. The molecule has 0 aliphatic heterocycles. The molecule has 0 aliphatic carbocycles. The van der Waals surface area contributed by atoms with Crippen molar-refractivity contribution in [2.24, 2.45) is 0 Å². The molecule has 0 spiro atoms. The third-order valence-electron chi connectivity index (χ3n) is 6.11. The summed E-state index contributed by atoms with van der Waals surface area (Å²) in [6.07, 6.45) is 6.73. The minimum absolute atomic E-state index is 0.185. The lowest BCUT2D eigenvalue weighted by Crippen LogP contribution is -2.46. The molecule has 3 nitrogen and oxygen atoms in total. The standard InChI is InChI=1S/C25H44O3S/c1-8-12-22(13-10-9-11-14-23(27)28)29(24(2,3)4,25(5,6)7)19-20-15-17-21(26)18-16-20/h15-18,22,26H,8-14,19H2,1-7H3,(H,27,28). The van der Waals surface area contributed by atoms with Crippen molar-refractivity contribution in [2.75, 3.05) is 0 Å². The summed E-state index contributed by atoms with van der Waals surface area (Å²) >= 11 is 0. The first-order valence-corrected chi connectivity index (χ1v) is 13.0. The molecule has 168 valence electrons. The number of unbranched alkanes of at least 4 members (excludes halogenated alkanes) is 2. The van der Waals surface area contributed by atoms with Gasteiger partial charge in [0.15, 0.2) is 0 Å².